The molecule has 2 rings (SSSR count). The van der Waals surface area contributed by atoms with Crippen molar-refractivity contribution >= 4 is 0 Å². The fraction of sp³-hybridized carbons (Fsp3) is 0.538. The minimum Gasteiger partial charge on any atom is -0.307 e. The molecule has 1 aromatic rings. The molecule has 82 valence electrons. The van der Waals surface area contributed by atoms with Crippen LogP contribution in [0.5, 0.6) is 0 Å². The standard InChI is InChI=1S/C13H18FN/c1-2-7-13(8-4-9-15-13)11-5-3-6-12(14)10-11/h3,5-6,10,15H,2,4,7-9H2,1H3. The zero-order chi connectivity index (χ0) is 10.7. The molecule has 1 atom stereocenters. The van der Waals surface area contributed by atoms with Crippen LogP contribution in [-0.4, -0.2) is 6.54 Å². The van der Waals surface area contributed by atoms with Gasteiger partial charge in [-0.15, -0.1) is 0 Å². The monoisotopic (exact) mass is 207 g/mol. The third-order valence-corrected chi connectivity index (χ3v) is 3.30. The maximum absolute atomic E-state index is 13.2. The molecule has 15 heavy (non-hydrogen) atoms. The first-order chi connectivity index (χ1) is 7.27. The summed E-state index contributed by atoms with van der Waals surface area (Å²) in [5, 5.41) is 3.55. The van der Waals surface area contributed by atoms with Gasteiger partial charge in [-0.1, -0.05) is 25.5 Å². The molecule has 1 aliphatic heterocycles. The van der Waals surface area contributed by atoms with Gasteiger partial charge in [0.1, 0.15) is 5.82 Å². The van der Waals surface area contributed by atoms with Crippen molar-refractivity contribution in [3.63, 3.8) is 0 Å². The maximum Gasteiger partial charge on any atom is 0.123 e. The summed E-state index contributed by atoms with van der Waals surface area (Å²) in [5.74, 6) is -0.128. The summed E-state index contributed by atoms with van der Waals surface area (Å²) in [6.07, 6.45) is 4.54. The second kappa shape index (κ2) is 4.31. The molecule has 1 N–H and O–H groups in total. The molecule has 1 nitrogen and oxygen atoms in total. The third kappa shape index (κ3) is 2.05. The second-order valence-electron chi connectivity index (χ2n) is 4.37. The molecule has 0 amide bonds. The molecule has 1 aromatic carbocycles. The zero-order valence-electron chi connectivity index (χ0n) is 9.22. The topological polar surface area (TPSA) is 12.0 Å². The van der Waals surface area contributed by atoms with Crippen LogP contribution in [0.3, 0.4) is 0 Å². The summed E-state index contributed by atoms with van der Waals surface area (Å²) in [6, 6.07) is 7.03. The average Bonchev–Trinajstić information content (AvgIpc) is 2.68. The molecule has 2 heteroatoms. The molecule has 0 radical (unpaired) electrons. The number of hydrogen-bond donors (Lipinski definition) is 1. The molecular weight excluding hydrogens is 189 g/mol. The first-order valence-corrected chi connectivity index (χ1v) is 5.78. The fourth-order valence-corrected chi connectivity index (χ4v) is 2.62. The highest BCUT2D eigenvalue weighted by molar-refractivity contribution is 5.26. The highest BCUT2D eigenvalue weighted by Gasteiger charge is 2.34. The fourth-order valence-electron chi connectivity index (χ4n) is 2.62. The van der Waals surface area contributed by atoms with Crippen molar-refractivity contribution in [1.29, 1.82) is 0 Å². The lowest BCUT2D eigenvalue weighted by Crippen LogP contribution is -2.36. The van der Waals surface area contributed by atoms with Crippen molar-refractivity contribution in [2.24, 2.45) is 0 Å². The van der Waals surface area contributed by atoms with Crippen molar-refractivity contribution in [2.75, 3.05) is 6.54 Å². The molecule has 0 bridgehead atoms. The van der Waals surface area contributed by atoms with E-state index >= 15 is 0 Å². The Morgan fingerprint density at radius 2 is 2.33 bits per heavy atom. The smallest absolute Gasteiger partial charge is 0.123 e. The van der Waals surface area contributed by atoms with Gasteiger partial charge in [0.25, 0.3) is 0 Å². The van der Waals surface area contributed by atoms with E-state index in [1.165, 1.54) is 12.5 Å². The summed E-state index contributed by atoms with van der Waals surface area (Å²) in [6.45, 7) is 3.23. The number of hydrogen-bond acceptors (Lipinski definition) is 1. The maximum atomic E-state index is 13.2. The van der Waals surface area contributed by atoms with E-state index in [4.69, 9.17) is 0 Å². The quantitative estimate of drug-likeness (QED) is 0.802. The highest BCUT2D eigenvalue weighted by Crippen LogP contribution is 2.35. The third-order valence-electron chi connectivity index (χ3n) is 3.30. The first kappa shape index (κ1) is 10.6. The van der Waals surface area contributed by atoms with Crippen molar-refractivity contribution in [3.05, 3.63) is 35.6 Å². The minimum absolute atomic E-state index is 0.0385. The Kier molecular flexibility index (Phi) is 3.06. The molecule has 0 aliphatic carbocycles. The number of nitrogens with one attached hydrogen (secondary N) is 1. The summed E-state index contributed by atoms with van der Waals surface area (Å²) in [5.41, 5.74) is 1.15. The Labute approximate surface area is 90.7 Å². The van der Waals surface area contributed by atoms with Gasteiger partial charge in [-0.2, -0.15) is 0 Å². The average molecular weight is 207 g/mol. The lowest BCUT2D eigenvalue weighted by atomic mass is 9.84. The van der Waals surface area contributed by atoms with Gasteiger partial charge in [0, 0.05) is 5.54 Å². The van der Waals surface area contributed by atoms with Gasteiger partial charge in [0.2, 0.25) is 0 Å². The summed E-state index contributed by atoms with van der Waals surface area (Å²) < 4.78 is 13.2. The molecular formula is C13H18FN. The van der Waals surface area contributed by atoms with E-state index in [-0.39, 0.29) is 11.4 Å². The Morgan fingerprint density at radius 1 is 1.47 bits per heavy atom. The van der Waals surface area contributed by atoms with Crippen LogP contribution in [0.1, 0.15) is 38.2 Å². The van der Waals surface area contributed by atoms with Gasteiger partial charge >= 0.3 is 0 Å². The van der Waals surface area contributed by atoms with E-state index in [2.05, 4.69) is 12.2 Å². The van der Waals surface area contributed by atoms with E-state index in [0.717, 1.165) is 31.4 Å². The van der Waals surface area contributed by atoms with E-state index in [0.29, 0.717) is 0 Å². The van der Waals surface area contributed by atoms with Gasteiger partial charge in [0.05, 0.1) is 0 Å². The van der Waals surface area contributed by atoms with Gasteiger partial charge in [-0.05, 0) is 43.5 Å². The summed E-state index contributed by atoms with van der Waals surface area (Å²) >= 11 is 0. The largest absolute Gasteiger partial charge is 0.307 e. The second-order valence-corrected chi connectivity index (χ2v) is 4.37. The van der Waals surface area contributed by atoms with Gasteiger partial charge < -0.3 is 5.32 Å². The number of rotatable bonds is 3. The van der Waals surface area contributed by atoms with E-state index in [1.807, 2.05) is 12.1 Å². The van der Waals surface area contributed by atoms with Crippen molar-refractivity contribution < 1.29 is 4.39 Å². The van der Waals surface area contributed by atoms with Crippen molar-refractivity contribution in [1.82, 2.24) is 5.32 Å². The van der Waals surface area contributed by atoms with Crippen molar-refractivity contribution in [2.45, 2.75) is 38.1 Å². The SMILES string of the molecule is CCCC1(c2cccc(F)c2)CCCN1. The zero-order valence-corrected chi connectivity index (χ0v) is 9.22. The number of halogens is 1. The van der Waals surface area contributed by atoms with Gasteiger partial charge in [0.15, 0.2) is 0 Å². The molecule has 1 aliphatic rings. The molecule has 1 fully saturated rings. The molecule has 0 aromatic heterocycles. The van der Waals surface area contributed by atoms with Gasteiger partial charge in [-0.25, -0.2) is 4.39 Å². The highest BCUT2D eigenvalue weighted by atomic mass is 19.1. The van der Waals surface area contributed by atoms with Crippen molar-refractivity contribution in [3.8, 4) is 0 Å². The number of benzene rings is 1. The molecule has 0 spiro atoms. The lowest BCUT2D eigenvalue weighted by molar-refractivity contribution is 0.354. The van der Waals surface area contributed by atoms with E-state index < -0.39 is 0 Å². The Bertz CT molecular complexity index is 329. The van der Waals surface area contributed by atoms with E-state index in [9.17, 15) is 4.39 Å². The van der Waals surface area contributed by atoms with Crippen LogP contribution in [0.25, 0.3) is 0 Å². The summed E-state index contributed by atoms with van der Waals surface area (Å²) in [4.78, 5) is 0. The Balaban J connectivity index is 2.31. The lowest BCUT2D eigenvalue weighted by Gasteiger charge is -2.30. The van der Waals surface area contributed by atoms with Crippen LogP contribution in [0.4, 0.5) is 4.39 Å². The van der Waals surface area contributed by atoms with Crippen LogP contribution in [0.15, 0.2) is 24.3 Å². The van der Waals surface area contributed by atoms with Gasteiger partial charge in [-0.3, -0.25) is 0 Å². The molecule has 1 unspecified atom stereocenters. The summed E-state index contributed by atoms with van der Waals surface area (Å²) in [7, 11) is 0. The van der Waals surface area contributed by atoms with Crippen LogP contribution in [0, 0.1) is 5.82 Å². The molecule has 1 saturated heterocycles. The van der Waals surface area contributed by atoms with Crippen LogP contribution in [-0.2, 0) is 5.54 Å². The van der Waals surface area contributed by atoms with Crippen LogP contribution >= 0.6 is 0 Å². The molecule has 1 heterocycles. The van der Waals surface area contributed by atoms with Crippen LogP contribution in [0.2, 0.25) is 0 Å². The van der Waals surface area contributed by atoms with Crippen LogP contribution < -0.4 is 5.32 Å². The normalized spacial score (nSPS) is 25.7. The Morgan fingerprint density at radius 3 is 2.93 bits per heavy atom. The predicted octanol–water partition coefficient (Wildman–Crippen LogP) is 3.20. The minimum atomic E-state index is -0.128. The molecule has 0 saturated carbocycles. The van der Waals surface area contributed by atoms with E-state index in [1.54, 1.807) is 6.07 Å². The first-order valence-electron chi connectivity index (χ1n) is 5.78. The predicted molar refractivity (Wildman–Crippen MR) is 60.2 cm³/mol. The Hall–Kier alpha value is -0.890.